The average Bonchev–Trinajstić information content (AvgIpc) is 2.93. The van der Waals surface area contributed by atoms with Crippen molar-refractivity contribution in [1.82, 2.24) is 4.90 Å². The normalized spacial score (nSPS) is 17.5. The molecule has 4 rings (SSSR count). The maximum absolute atomic E-state index is 13.3. The third-order valence-corrected chi connectivity index (χ3v) is 7.89. The minimum absolute atomic E-state index is 0.0420. The third-order valence-electron chi connectivity index (χ3n) is 7.89. The number of halogens is 6. The lowest BCUT2D eigenvalue weighted by molar-refractivity contribution is -0.388. The van der Waals surface area contributed by atoms with Gasteiger partial charge in [-0.05, 0) is 80.8 Å². The summed E-state index contributed by atoms with van der Waals surface area (Å²) < 4.78 is 78.1. The van der Waals surface area contributed by atoms with Crippen molar-refractivity contribution in [2.24, 2.45) is 5.92 Å². The highest BCUT2D eigenvalue weighted by Crippen LogP contribution is 2.38. The quantitative estimate of drug-likeness (QED) is 0.202. The first-order valence-corrected chi connectivity index (χ1v) is 13.6. The minimum Gasteiger partial charge on any atom is -0.382 e. The molecule has 0 aromatic heterocycles. The molecule has 2 aliphatic heterocycles. The second kappa shape index (κ2) is 12.6. The fourth-order valence-corrected chi connectivity index (χ4v) is 5.56. The van der Waals surface area contributed by atoms with Crippen molar-refractivity contribution < 1.29 is 36.1 Å². The number of piperidine rings is 2. The predicted molar refractivity (Wildman–Crippen MR) is 142 cm³/mol. The molecule has 0 aliphatic carbocycles. The van der Waals surface area contributed by atoms with Gasteiger partial charge in [0.2, 0.25) is 5.91 Å². The van der Waals surface area contributed by atoms with Crippen LogP contribution in [0.3, 0.4) is 0 Å². The molecule has 0 unspecified atom stereocenters. The standard InChI is InChI=1S/C28H32F6N4O3/c29-27(30,31)20-4-7-23(8-5-20)36-14-10-19(11-15-36)2-1-3-26(39)37-16-12-21(13-17-37)35-22-6-9-25(38(40)41)24(18-22)28(32,33)34/h4-9,18-19,21,35H,1-3,10-17H2. The molecule has 0 atom stereocenters. The van der Waals surface area contributed by atoms with Crippen molar-refractivity contribution in [2.75, 3.05) is 36.4 Å². The van der Waals surface area contributed by atoms with Crippen LogP contribution in [0.5, 0.6) is 0 Å². The predicted octanol–water partition coefficient (Wildman–Crippen LogP) is 7.12. The Kier molecular flexibility index (Phi) is 9.33. The Balaban J connectivity index is 1.16. The van der Waals surface area contributed by atoms with Gasteiger partial charge in [-0.25, -0.2) is 0 Å². The van der Waals surface area contributed by atoms with E-state index < -0.39 is 34.1 Å². The van der Waals surface area contributed by atoms with Gasteiger partial charge in [0.05, 0.1) is 10.5 Å². The van der Waals surface area contributed by atoms with Crippen molar-refractivity contribution in [3.63, 3.8) is 0 Å². The van der Waals surface area contributed by atoms with Crippen LogP contribution in [0, 0.1) is 16.0 Å². The number of carbonyl (C=O) groups excluding carboxylic acids is 1. The minimum atomic E-state index is -4.85. The van der Waals surface area contributed by atoms with Crippen LogP contribution in [0.25, 0.3) is 0 Å². The lowest BCUT2D eigenvalue weighted by Crippen LogP contribution is -2.42. The van der Waals surface area contributed by atoms with Crippen LogP contribution < -0.4 is 10.2 Å². The molecule has 2 aliphatic rings. The van der Waals surface area contributed by atoms with Gasteiger partial charge >= 0.3 is 12.4 Å². The number of rotatable bonds is 8. The summed E-state index contributed by atoms with van der Waals surface area (Å²) in [6.07, 6.45) is -4.24. The largest absolute Gasteiger partial charge is 0.423 e. The molecule has 2 aromatic carbocycles. The van der Waals surface area contributed by atoms with Crippen LogP contribution in [0.15, 0.2) is 42.5 Å². The van der Waals surface area contributed by atoms with Gasteiger partial charge in [0.1, 0.15) is 5.56 Å². The summed E-state index contributed by atoms with van der Waals surface area (Å²) in [7, 11) is 0. The zero-order valence-corrected chi connectivity index (χ0v) is 22.3. The van der Waals surface area contributed by atoms with Crippen molar-refractivity contribution in [2.45, 2.75) is 63.3 Å². The molecule has 7 nitrogen and oxygen atoms in total. The van der Waals surface area contributed by atoms with Gasteiger partial charge in [-0.15, -0.1) is 0 Å². The Morgan fingerprint density at radius 2 is 1.54 bits per heavy atom. The lowest BCUT2D eigenvalue weighted by atomic mass is 9.91. The number of amides is 1. The molecule has 2 heterocycles. The molecule has 2 aromatic rings. The average molecular weight is 587 g/mol. The van der Waals surface area contributed by atoms with Gasteiger partial charge in [-0.3, -0.25) is 14.9 Å². The number of nitrogens with zero attached hydrogens (tertiary/aromatic N) is 3. The summed E-state index contributed by atoms with van der Waals surface area (Å²) in [5.74, 6) is 0.493. The van der Waals surface area contributed by atoms with Gasteiger partial charge < -0.3 is 15.1 Å². The van der Waals surface area contributed by atoms with Crippen LogP contribution in [-0.2, 0) is 17.1 Å². The molecule has 41 heavy (non-hydrogen) atoms. The third kappa shape index (κ3) is 8.04. The molecule has 224 valence electrons. The Hall–Kier alpha value is -3.51. The van der Waals surface area contributed by atoms with Crippen LogP contribution in [-0.4, -0.2) is 48.0 Å². The molecule has 13 heteroatoms. The van der Waals surface area contributed by atoms with E-state index in [-0.39, 0.29) is 17.6 Å². The first kappa shape index (κ1) is 30.4. The molecule has 1 N–H and O–H groups in total. The fourth-order valence-electron chi connectivity index (χ4n) is 5.56. The summed E-state index contributed by atoms with van der Waals surface area (Å²) in [4.78, 5) is 26.5. The van der Waals surface area contributed by atoms with Crippen LogP contribution in [0.1, 0.15) is 56.1 Å². The van der Waals surface area contributed by atoms with E-state index in [0.717, 1.165) is 68.7 Å². The first-order chi connectivity index (χ1) is 19.3. The highest BCUT2D eigenvalue weighted by atomic mass is 19.4. The number of nitrogens with one attached hydrogen (secondary N) is 1. The second-order valence-electron chi connectivity index (χ2n) is 10.7. The summed E-state index contributed by atoms with van der Waals surface area (Å²) >= 11 is 0. The number of benzene rings is 2. The number of alkyl halides is 6. The van der Waals surface area contributed by atoms with E-state index in [1.165, 1.54) is 18.2 Å². The van der Waals surface area contributed by atoms with Gasteiger partial charge in [0, 0.05) is 56.1 Å². The maximum Gasteiger partial charge on any atom is 0.423 e. The highest BCUT2D eigenvalue weighted by Gasteiger charge is 2.38. The number of anilines is 2. The number of carbonyl (C=O) groups is 1. The Morgan fingerprint density at radius 3 is 2.10 bits per heavy atom. The van der Waals surface area contributed by atoms with Crippen molar-refractivity contribution in [3.8, 4) is 0 Å². The van der Waals surface area contributed by atoms with E-state index in [1.807, 2.05) is 0 Å². The van der Waals surface area contributed by atoms with Crippen molar-refractivity contribution >= 4 is 23.0 Å². The first-order valence-electron chi connectivity index (χ1n) is 13.6. The van der Waals surface area contributed by atoms with E-state index in [9.17, 15) is 41.3 Å². The summed E-state index contributed by atoms with van der Waals surface area (Å²) in [6.45, 7) is 2.45. The van der Waals surface area contributed by atoms with Crippen LogP contribution in [0.4, 0.5) is 43.4 Å². The fraction of sp³-hybridized carbons (Fsp3) is 0.536. The molecular formula is C28H32F6N4O3. The van der Waals surface area contributed by atoms with E-state index in [0.29, 0.717) is 38.3 Å². The van der Waals surface area contributed by atoms with E-state index in [4.69, 9.17) is 0 Å². The number of likely N-dealkylation sites (tertiary alicyclic amines) is 1. The molecule has 2 saturated heterocycles. The number of nitro groups is 1. The van der Waals surface area contributed by atoms with Gasteiger partial charge in [-0.1, -0.05) is 0 Å². The van der Waals surface area contributed by atoms with E-state index >= 15 is 0 Å². The van der Waals surface area contributed by atoms with Crippen molar-refractivity contribution in [3.05, 3.63) is 63.7 Å². The molecule has 0 radical (unpaired) electrons. The van der Waals surface area contributed by atoms with Crippen LogP contribution >= 0.6 is 0 Å². The van der Waals surface area contributed by atoms with E-state index in [2.05, 4.69) is 10.2 Å². The summed E-state index contributed by atoms with van der Waals surface area (Å²) in [6, 6.07) is 7.93. The Bertz CT molecular complexity index is 1200. The molecular weight excluding hydrogens is 554 g/mol. The molecule has 2 fully saturated rings. The van der Waals surface area contributed by atoms with Gasteiger partial charge in [0.15, 0.2) is 0 Å². The second-order valence-corrected chi connectivity index (χ2v) is 10.7. The molecule has 0 spiro atoms. The molecule has 1 amide bonds. The topological polar surface area (TPSA) is 78.7 Å². The summed E-state index contributed by atoms with van der Waals surface area (Å²) in [5, 5.41) is 14.0. The molecule has 0 saturated carbocycles. The van der Waals surface area contributed by atoms with E-state index in [1.54, 1.807) is 4.90 Å². The monoisotopic (exact) mass is 586 g/mol. The lowest BCUT2D eigenvalue weighted by Gasteiger charge is -2.34. The SMILES string of the molecule is O=C(CCCC1CCN(c2ccc(C(F)(F)F)cc2)CC1)N1CCC(Nc2ccc([N+](=O)[O-])c(C(F)(F)F)c2)CC1. The molecule has 0 bridgehead atoms. The number of nitro benzene ring substituents is 1. The zero-order valence-electron chi connectivity index (χ0n) is 22.3. The Labute approximate surface area is 233 Å². The number of hydrogen-bond acceptors (Lipinski definition) is 5. The number of hydrogen-bond donors (Lipinski definition) is 1. The summed E-state index contributed by atoms with van der Waals surface area (Å²) in [5.41, 5.74) is -2.03. The van der Waals surface area contributed by atoms with Gasteiger partial charge in [0.25, 0.3) is 5.69 Å². The van der Waals surface area contributed by atoms with Crippen molar-refractivity contribution in [1.29, 1.82) is 0 Å². The zero-order chi connectivity index (χ0) is 29.8. The maximum atomic E-state index is 13.3. The van der Waals surface area contributed by atoms with Crippen LogP contribution in [0.2, 0.25) is 0 Å². The smallest absolute Gasteiger partial charge is 0.382 e. The van der Waals surface area contributed by atoms with Gasteiger partial charge in [-0.2, -0.15) is 26.3 Å². The Morgan fingerprint density at radius 1 is 0.902 bits per heavy atom. The highest BCUT2D eigenvalue weighted by molar-refractivity contribution is 5.76.